The molecule has 55 heavy (non-hydrogen) atoms. The van der Waals surface area contributed by atoms with E-state index >= 15 is 0 Å². The smallest absolute Gasteiger partial charge is 0.255 e. The van der Waals surface area contributed by atoms with Gasteiger partial charge in [0.1, 0.15) is 24.4 Å². The van der Waals surface area contributed by atoms with Gasteiger partial charge in [-0.3, -0.25) is 28.8 Å². The first-order valence-corrected chi connectivity index (χ1v) is 18.8. The van der Waals surface area contributed by atoms with Gasteiger partial charge in [-0.1, -0.05) is 37.3 Å². The minimum atomic E-state index is -1.26. The highest BCUT2D eigenvalue weighted by Gasteiger charge is 2.30. The van der Waals surface area contributed by atoms with Crippen molar-refractivity contribution < 1.29 is 33.8 Å². The normalized spacial score (nSPS) is 18.8. The molecule has 0 unspecified atom stereocenters. The number of aliphatic hydroxyl groups excluding tert-OH is 1. The molecule has 0 saturated carbocycles. The zero-order chi connectivity index (χ0) is 39.6. The fraction of sp³-hybridized carbons (Fsp3) is 0.475. The molecule has 0 saturated heterocycles. The predicted octanol–water partition coefficient (Wildman–Crippen LogP) is 3.48. The second-order valence-electron chi connectivity index (χ2n) is 14.4. The molecule has 4 N–H and O–H groups in total. The molecule has 1 aliphatic rings. The van der Waals surface area contributed by atoms with Crippen molar-refractivity contribution in [3.05, 3.63) is 76.7 Å². The van der Waals surface area contributed by atoms with Gasteiger partial charge >= 0.3 is 0 Å². The lowest BCUT2D eigenvalue weighted by molar-refractivity contribution is -0.132. The molecule has 0 fully saturated rings. The van der Waals surface area contributed by atoms with E-state index in [1.165, 1.54) is 20.1 Å². The number of benzene rings is 2. The summed E-state index contributed by atoms with van der Waals surface area (Å²) in [7, 11) is 1.49. The maximum atomic E-state index is 14.1. The highest BCUT2D eigenvalue weighted by atomic mass is 16.5. The molecule has 1 aliphatic heterocycles. The first-order chi connectivity index (χ1) is 26.3. The topological polar surface area (TPSA) is 190 Å². The number of para-hydroxylation sites is 1. The summed E-state index contributed by atoms with van der Waals surface area (Å²) < 4.78 is 13.2. The molecule has 0 radical (unpaired) electrons. The quantitative estimate of drug-likeness (QED) is 0.235. The number of hydrogen-bond acceptors (Lipinski definition) is 10. The largest absolute Gasteiger partial charge is 0.493 e. The van der Waals surface area contributed by atoms with Crippen LogP contribution in [0, 0.1) is 19.8 Å². The number of methoxy groups -OCH3 is 1. The van der Waals surface area contributed by atoms with Gasteiger partial charge in [0, 0.05) is 37.1 Å². The molecule has 2 aromatic heterocycles. The van der Waals surface area contributed by atoms with E-state index in [0.717, 1.165) is 16.5 Å². The summed E-state index contributed by atoms with van der Waals surface area (Å²) in [5.74, 6) is -1.13. The van der Waals surface area contributed by atoms with Gasteiger partial charge in [-0.25, -0.2) is 0 Å². The average Bonchev–Trinajstić information content (AvgIpc) is 3.61. The number of aliphatic hydroxyl groups is 1. The Hall–Kier alpha value is -5.57. The van der Waals surface area contributed by atoms with Crippen LogP contribution in [0.3, 0.4) is 0 Å². The van der Waals surface area contributed by atoms with Gasteiger partial charge in [0.05, 0.1) is 36.2 Å². The maximum absolute atomic E-state index is 14.1. The molecule has 2 aromatic carbocycles. The summed E-state index contributed by atoms with van der Waals surface area (Å²) in [6, 6.07) is 10.2. The number of carbonyl (C=O) groups excluding carboxylic acids is 4. The molecule has 0 aliphatic carbocycles. The standard InChI is InChI=1S/C40H52N8O7/c1-24(2)19-32-38(51)44-36(27(5)49)39(52)41-15-7-8-16-47(40(53)31-20-28-12-9-11-25(3)35(28)42-26(31)4)17-10-18-48-22-30(45-46-48)23-55-34-21-29(37(50)43-32)13-14-33(34)54-6/h9,11-14,20-22,24,27,32,36,49H,7-8,10,15-19,23H2,1-6H3,(H,41,52)(H,43,50)(H,44,51)/t27-,32-,36+/m1/s1. The Bertz CT molecular complexity index is 2000. The van der Waals surface area contributed by atoms with Gasteiger partial charge in [-0.15, -0.1) is 5.10 Å². The van der Waals surface area contributed by atoms with Crippen molar-refractivity contribution in [2.45, 2.75) is 91.6 Å². The molecular formula is C40H52N8O7. The first kappa shape index (κ1) is 40.6. The second kappa shape index (κ2) is 18.7. The molecule has 3 atom stereocenters. The van der Waals surface area contributed by atoms with Crippen LogP contribution in [0.2, 0.25) is 0 Å². The minimum Gasteiger partial charge on any atom is -0.493 e. The zero-order valence-corrected chi connectivity index (χ0v) is 32.4. The van der Waals surface area contributed by atoms with Gasteiger partial charge in [-0.2, -0.15) is 0 Å². The Morgan fingerprint density at radius 2 is 1.78 bits per heavy atom. The molecule has 15 nitrogen and oxygen atoms in total. The van der Waals surface area contributed by atoms with Crippen molar-refractivity contribution in [1.82, 2.24) is 40.8 Å². The summed E-state index contributed by atoms with van der Waals surface area (Å²) in [5.41, 5.74) is 3.85. The van der Waals surface area contributed by atoms with Crippen molar-refractivity contribution in [3.63, 3.8) is 0 Å². The van der Waals surface area contributed by atoms with Crippen LogP contribution in [0.4, 0.5) is 0 Å². The van der Waals surface area contributed by atoms with Gasteiger partial charge in [-0.05, 0) is 82.2 Å². The van der Waals surface area contributed by atoms with E-state index in [0.29, 0.717) is 61.6 Å². The first-order valence-electron chi connectivity index (χ1n) is 18.8. The number of ether oxygens (including phenoxy) is 2. The van der Waals surface area contributed by atoms with E-state index < -0.39 is 35.9 Å². The number of rotatable bonds is 5. The van der Waals surface area contributed by atoms with Crippen LogP contribution in [-0.4, -0.2) is 98.5 Å². The number of nitrogens with one attached hydrogen (secondary N) is 3. The van der Waals surface area contributed by atoms with Crippen LogP contribution in [0.5, 0.6) is 11.5 Å². The lowest BCUT2D eigenvalue weighted by Crippen LogP contribution is -2.57. The van der Waals surface area contributed by atoms with Crippen LogP contribution in [0.1, 0.15) is 84.1 Å². The van der Waals surface area contributed by atoms with E-state index in [2.05, 4.69) is 26.3 Å². The lowest BCUT2D eigenvalue weighted by Gasteiger charge is -2.26. The number of aryl methyl sites for hydroxylation is 3. The molecule has 4 bridgehead atoms. The Morgan fingerprint density at radius 1 is 1.00 bits per heavy atom. The molecule has 15 heteroatoms. The monoisotopic (exact) mass is 756 g/mol. The third kappa shape index (κ3) is 10.6. The van der Waals surface area contributed by atoms with Crippen LogP contribution < -0.4 is 25.4 Å². The number of amides is 4. The summed E-state index contributed by atoms with van der Waals surface area (Å²) in [6.07, 6.45) is 2.54. The Kier molecular flexibility index (Phi) is 13.8. The number of fused-ring (bicyclic) bond motifs is 5. The van der Waals surface area contributed by atoms with Crippen molar-refractivity contribution >= 4 is 34.5 Å². The van der Waals surface area contributed by atoms with Crippen LogP contribution in [-0.2, 0) is 22.7 Å². The molecule has 4 amide bonds. The van der Waals surface area contributed by atoms with E-state index in [1.807, 2.05) is 52.0 Å². The van der Waals surface area contributed by atoms with Gasteiger partial charge in [0.15, 0.2) is 11.5 Å². The van der Waals surface area contributed by atoms with E-state index in [9.17, 15) is 24.3 Å². The van der Waals surface area contributed by atoms with Crippen LogP contribution >= 0.6 is 0 Å². The van der Waals surface area contributed by atoms with Gasteiger partial charge in [0.2, 0.25) is 11.8 Å². The Balaban J connectivity index is 1.40. The minimum absolute atomic E-state index is 0.0157. The van der Waals surface area contributed by atoms with Gasteiger partial charge in [0.25, 0.3) is 11.8 Å². The summed E-state index contributed by atoms with van der Waals surface area (Å²) in [4.78, 5) is 60.9. The van der Waals surface area contributed by atoms with E-state index in [4.69, 9.17) is 14.5 Å². The predicted molar refractivity (Wildman–Crippen MR) is 206 cm³/mol. The second-order valence-corrected chi connectivity index (χ2v) is 14.4. The summed E-state index contributed by atoms with van der Waals surface area (Å²) in [6.45, 7) is 10.7. The molecule has 4 aromatic rings. The van der Waals surface area contributed by atoms with E-state index in [-0.39, 0.29) is 42.7 Å². The van der Waals surface area contributed by atoms with Crippen LogP contribution in [0.25, 0.3) is 10.9 Å². The summed E-state index contributed by atoms with van der Waals surface area (Å²) >= 11 is 0. The molecular weight excluding hydrogens is 704 g/mol. The highest BCUT2D eigenvalue weighted by molar-refractivity contribution is 6.00. The molecule has 294 valence electrons. The van der Waals surface area contributed by atoms with Crippen molar-refractivity contribution in [2.24, 2.45) is 5.92 Å². The Labute approximate surface area is 321 Å². The fourth-order valence-electron chi connectivity index (χ4n) is 6.51. The molecule has 3 heterocycles. The third-order valence-electron chi connectivity index (χ3n) is 9.50. The van der Waals surface area contributed by atoms with Gasteiger partial charge < -0.3 is 35.4 Å². The number of carbonyl (C=O) groups is 4. The molecule has 5 rings (SSSR count). The Morgan fingerprint density at radius 3 is 2.53 bits per heavy atom. The fourth-order valence-corrected chi connectivity index (χ4v) is 6.51. The number of aromatic nitrogens is 4. The van der Waals surface area contributed by atoms with Crippen LogP contribution in [0.15, 0.2) is 48.7 Å². The summed E-state index contributed by atoms with van der Waals surface area (Å²) in [5, 5.41) is 28.2. The average molecular weight is 757 g/mol. The zero-order valence-electron chi connectivity index (χ0n) is 32.4. The number of hydrogen-bond donors (Lipinski definition) is 4. The van der Waals surface area contributed by atoms with Crippen molar-refractivity contribution in [3.8, 4) is 11.5 Å². The SMILES string of the molecule is COc1ccc2cc1OCc1cn(nn1)CCCN(C(=O)c1cc3cccc(C)c3nc1C)CCCCNC(=O)[C@H]([C@@H](C)O)NC(=O)[C@@H](CC(C)C)NC2=O. The van der Waals surface area contributed by atoms with Crippen molar-refractivity contribution in [1.29, 1.82) is 0 Å². The highest BCUT2D eigenvalue weighted by Crippen LogP contribution is 2.29. The van der Waals surface area contributed by atoms with Crippen molar-refractivity contribution in [2.75, 3.05) is 26.7 Å². The van der Waals surface area contributed by atoms with E-state index in [1.54, 1.807) is 27.9 Å². The molecule has 0 spiro atoms. The maximum Gasteiger partial charge on any atom is 0.255 e. The lowest BCUT2D eigenvalue weighted by atomic mass is 10.0. The number of pyridine rings is 1. The third-order valence-corrected chi connectivity index (χ3v) is 9.50. The number of nitrogens with zero attached hydrogens (tertiary/aromatic N) is 5.